The van der Waals surface area contributed by atoms with Crippen LogP contribution in [-0.4, -0.2) is 59.0 Å². The highest BCUT2D eigenvalue weighted by Gasteiger charge is 2.28. The third kappa shape index (κ3) is 4.88. The molecule has 4 heterocycles. The third-order valence-electron chi connectivity index (χ3n) is 4.59. The summed E-state index contributed by atoms with van der Waals surface area (Å²) in [7, 11) is 0. The Hall–Kier alpha value is -2.71. The van der Waals surface area contributed by atoms with Crippen LogP contribution in [0.25, 0.3) is 21.3 Å². The lowest BCUT2D eigenvalue weighted by Crippen LogP contribution is -2.49. The van der Waals surface area contributed by atoms with Crippen molar-refractivity contribution in [2.24, 2.45) is 0 Å². The Labute approximate surface area is 179 Å². The number of amides is 1. The van der Waals surface area contributed by atoms with Gasteiger partial charge in [-0.15, -0.1) is 11.3 Å². The second-order valence-electron chi connectivity index (χ2n) is 8.11. The van der Waals surface area contributed by atoms with Crippen LogP contribution in [0.3, 0.4) is 0 Å². The van der Waals surface area contributed by atoms with Gasteiger partial charge in [0.25, 0.3) is 0 Å². The van der Waals surface area contributed by atoms with Crippen LogP contribution in [0.4, 0.5) is 4.79 Å². The number of carbonyl (C=O) groups is 1. The van der Waals surface area contributed by atoms with Crippen molar-refractivity contribution in [1.82, 2.24) is 14.9 Å². The van der Waals surface area contributed by atoms with Crippen molar-refractivity contribution >= 4 is 27.6 Å². The fraction of sp³-hybridized carbons (Fsp3) is 0.409. The molecule has 30 heavy (non-hydrogen) atoms. The number of morpholine rings is 1. The first kappa shape index (κ1) is 20.6. The van der Waals surface area contributed by atoms with Crippen molar-refractivity contribution in [3.63, 3.8) is 0 Å². The van der Waals surface area contributed by atoms with Gasteiger partial charge in [0, 0.05) is 35.9 Å². The van der Waals surface area contributed by atoms with E-state index in [0.29, 0.717) is 32.2 Å². The monoisotopic (exact) mass is 427 g/mol. The molecule has 0 N–H and O–H groups in total. The molecule has 1 aliphatic heterocycles. The fourth-order valence-corrected chi connectivity index (χ4v) is 4.11. The van der Waals surface area contributed by atoms with E-state index in [1.165, 1.54) is 0 Å². The number of hydrogen-bond acceptors (Lipinski definition) is 7. The molecule has 0 unspecified atom stereocenters. The highest BCUT2D eigenvalue weighted by molar-refractivity contribution is 7.17. The van der Waals surface area contributed by atoms with Crippen LogP contribution in [0.5, 0.6) is 5.88 Å². The second-order valence-corrected chi connectivity index (χ2v) is 9.02. The highest BCUT2D eigenvalue weighted by atomic mass is 32.1. The minimum atomic E-state index is -0.520. The standard InChI is InChI=1S/C22H25N3O4S/c1-22(2,3)29-21(26)25-10-11-27-16(12-25)13-28-19-5-4-18-20(24-19)17(14-30-18)15-6-8-23-9-7-15/h4-9,14,16H,10-13H2,1-3H3/t16-/m0/s1. The van der Waals surface area contributed by atoms with Crippen LogP contribution in [0, 0.1) is 0 Å². The van der Waals surface area contributed by atoms with Crippen molar-refractivity contribution in [3.05, 3.63) is 42.0 Å². The molecular formula is C22H25N3O4S. The van der Waals surface area contributed by atoms with Crippen molar-refractivity contribution in [3.8, 4) is 17.0 Å². The predicted molar refractivity (Wildman–Crippen MR) is 116 cm³/mol. The highest BCUT2D eigenvalue weighted by Crippen LogP contribution is 2.33. The molecule has 1 saturated heterocycles. The molecule has 0 aliphatic carbocycles. The molecule has 3 aromatic rings. The predicted octanol–water partition coefficient (Wildman–Crippen LogP) is 4.37. The zero-order valence-electron chi connectivity index (χ0n) is 17.3. The van der Waals surface area contributed by atoms with Gasteiger partial charge in [0.15, 0.2) is 0 Å². The molecular weight excluding hydrogens is 402 g/mol. The van der Waals surface area contributed by atoms with Crippen LogP contribution in [0.15, 0.2) is 42.0 Å². The third-order valence-corrected chi connectivity index (χ3v) is 5.53. The summed E-state index contributed by atoms with van der Waals surface area (Å²) in [6.45, 7) is 7.29. The zero-order chi connectivity index (χ0) is 21.1. The van der Waals surface area contributed by atoms with Gasteiger partial charge in [-0.05, 0) is 44.5 Å². The topological polar surface area (TPSA) is 73.8 Å². The fourth-order valence-electron chi connectivity index (χ4n) is 3.20. The second kappa shape index (κ2) is 8.57. The molecule has 0 aromatic carbocycles. The van der Waals surface area contributed by atoms with Gasteiger partial charge in [-0.25, -0.2) is 9.78 Å². The van der Waals surface area contributed by atoms with E-state index in [4.69, 9.17) is 19.2 Å². The average Bonchev–Trinajstić information content (AvgIpc) is 3.15. The Bertz CT molecular complexity index is 1020. The Morgan fingerprint density at radius 2 is 2.07 bits per heavy atom. The molecule has 1 atom stereocenters. The molecule has 1 aliphatic rings. The van der Waals surface area contributed by atoms with Crippen LogP contribution < -0.4 is 4.74 Å². The van der Waals surface area contributed by atoms with Crippen LogP contribution in [-0.2, 0) is 9.47 Å². The molecule has 0 bridgehead atoms. The summed E-state index contributed by atoms with van der Waals surface area (Å²) in [6, 6.07) is 7.82. The van der Waals surface area contributed by atoms with E-state index < -0.39 is 5.60 Å². The molecule has 7 nitrogen and oxygen atoms in total. The van der Waals surface area contributed by atoms with Crippen molar-refractivity contribution in [2.45, 2.75) is 32.5 Å². The number of carbonyl (C=O) groups excluding carboxylic acids is 1. The van der Waals surface area contributed by atoms with E-state index in [1.54, 1.807) is 28.6 Å². The molecule has 0 spiro atoms. The summed E-state index contributed by atoms with van der Waals surface area (Å²) in [6.07, 6.45) is 2.99. The summed E-state index contributed by atoms with van der Waals surface area (Å²) >= 11 is 1.65. The molecule has 8 heteroatoms. The van der Waals surface area contributed by atoms with E-state index in [9.17, 15) is 4.79 Å². The van der Waals surface area contributed by atoms with Crippen molar-refractivity contribution in [1.29, 1.82) is 0 Å². The zero-order valence-corrected chi connectivity index (χ0v) is 18.1. The van der Waals surface area contributed by atoms with Crippen LogP contribution in [0.1, 0.15) is 20.8 Å². The first-order chi connectivity index (χ1) is 14.4. The largest absolute Gasteiger partial charge is 0.475 e. The van der Waals surface area contributed by atoms with Gasteiger partial charge < -0.3 is 19.1 Å². The Balaban J connectivity index is 1.42. The minimum Gasteiger partial charge on any atom is -0.475 e. The van der Waals surface area contributed by atoms with E-state index in [0.717, 1.165) is 21.3 Å². The molecule has 1 amide bonds. The smallest absolute Gasteiger partial charge is 0.410 e. The van der Waals surface area contributed by atoms with Gasteiger partial charge in [-0.3, -0.25) is 4.98 Å². The van der Waals surface area contributed by atoms with Crippen molar-refractivity contribution in [2.75, 3.05) is 26.3 Å². The maximum atomic E-state index is 12.3. The van der Waals surface area contributed by atoms with E-state index in [2.05, 4.69) is 10.4 Å². The summed E-state index contributed by atoms with van der Waals surface area (Å²) in [4.78, 5) is 22.8. The Kier molecular flexibility index (Phi) is 5.87. The number of fused-ring (bicyclic) bond motifs is 1. The van der Waals surface area contributed by atoms with Gasteiger partial charge >= 0.3 is 6.09 Å². The number of thiophene rings is 1. The Morgan fingerprint density at radius 1 is 1.27 bits per heavy atom. The summed E-state index contributed by atoms with van der Waals surface area (Å²) in [5.41, 5.74) is 2.52. The van der Waals surface area contributed by atoms with Gasteiger partial charge in [0.2, 0.25) is 5.88 Å². The first-order valence-electron chi connectivity index (χ1n) is 9.90. The van der Waals surface area contributed by atoms with Gasteiger partial charge in [0.05, 0.1) is 23.4 Å². The van der Waals surface area contributed by atoms with Crippen LogP contribution >= 0.6 is 11.3 Å². The first-order valence-corrected chi connectivity index (χ1v) is 10.8. The normalized spacial score (nSPS) is 17.2. The lowest BCUT2D eigenvalue weighted by molar-refractivity contribution is -0.0561. The molecule has 1 fully saturated rings. The molecule has 158 valence electrons. The SMILES string of the molecule is CC(C)(C)OC(=O)N1CCO[C@H](COc2ccc3scc(-c4ccncc4)c3n2)C1. The van der Waals surface area contributed by atoms with E-state index in [-0.39, 0.29) is 12.2 Å². The van der Waals surface area contributed by atoms with Crippen molar-refractivity contribution < 1.29 is 19.0 Å². The number of nitrogens with zero attached hydrogens (tertiary/aromatic N) is 3. The summed E-state index contributed by atoms with van der Waals surface area (Å²) < 4.78 is 18.2. The van der Waals surface area contributed by atoms with Gasteiger partial charge in [-0.2, -0.15) is 0 Å². The average molecular weight is 428 g/mol. The molecule has 3 aromatic heterocycles. The quantitative estimate of drug-likeness (QED) is 0.615. The number of pyridine rings is 2. The number of aromatic nitrogens is 2. The molecule has 0 radical (unpaired) electrons. The lowest BCUT2D eigenvalue weighted by Gasteiger charge is -2.34. The van der Waals surface area contributed by atoms with E-state index in [1.807, 2.05) is 45.0 Å². The number of ether oxygens (including phenoxy) is 3. The van der Waals surface area contributed by atoms with E-state index >= 15 is 0 Å². The Morgan fingerprint density at radius 3 is 2.83 bits per heavy atom. The maximum Gasteiger partial charge on any atom is 0.410 e. The lowest BCUT2D eigenvalue weighted by atomic mass is 10.1. The molecule has 4 rings (SSSR count). The molecule has 0 saturated carbocycles. The van der Waals surface area contributed by atoms with Crippen LogP contribution in [0.2, 0.25) is 0 Å². The number of hydrogen-bond donors (Lipinski definition) is 0. The maximum absolute atomic E-state index is 12.3. The van der Waals surface area contributed by atoms with Gasteiger partial charge in [0.1, 0.15) is 18.3 Å². The number of rotatable bonds is 4. The summed E-state index contributed by atoms with van der Waals surface area (Å²) in [5.74, 6) is 0.536. The summed E-state index contributed by atoms with van der Waals surface area (Å²) in [5, 5.41) is 2.10. The minimum absolute atomic E-state index is 0.231. The van der Waals surface area contributed by atoms with Gasteiger partial charge in [-0.1, -0.05) is 0 Å².